The minimum absolute atomic E-state index is 0.0792. The van der Waals surface area contributed by atoms with Crippen LogP contribution in [-0.4, -0.2) is 77.3 Å². The van der Waals surface area contributed by atoms with Gasteiger partial charge in [-0.1, -0.05) is 79.0 Å². The Kier molecular flexibility index (Phi) is 14.8. The molecule has 0 radical (unpaired) electrons. The normalized spacial score (nSPS) is 24.2. The lowest BCUT2D eigenvalue weighted by Gasteiger charge is -2.41. The highest BCUT2D eigenvalue weighted by Crippen LogP contribution is 2.68. The molecule has 2 N–H and O–H groups in total. The van der Waals surface area contributed by atoms with Gasteiger partial charge in [-0.05, 0) is 96.5 Å². The monoisotopic (exact) mass is 798 g/mol. The maximum Gasteiger partial charge on any atom is 0.394 e. The molecule has 274 valence electrons. The van der Waals surface area contributed by atoms with Crippen molar-refractivity contribution < 1.29 is 22.8 Å². The Balaban J connectivity index is 0.000000355. The van der Waals surface area contributed by atoms with Crippen LogP contribution >= 0.6 is 34.1 Å². The molecule has 15 heteroatoms. The summed E-state index contributed by atoms with van der Waals surface area (Å²) in [6, 6.07) is 9.42. The van der Waals surface area contributed by atoms with Crippen molar-refractivity contribution in [3.8, 4) is 0 Å². The summed E-state index contributed by atoms with van der Waals surface area (Å²) in [5.41, 5.74) is 7.02. The lowest BCUT2D eigenvalue weighted by atomic mass is 10.1. The summed E-state index contributed by atoms with van der Waals surface area (Å²) in [4.78, 5) is 16.4. The second-order valence-electron chi connectivity index (χ2n) is 14.2. The van der Waals surface area contributed by atoms with Crippen LogP contribution in [-0.2, 0) is 22.8 Å². The van der Waals surface area contributed by atoms with Crippen LogP contribution in [0.4, 0.5) is 5.82 Å². The number of imidazole rings is 1. The Bertz CT molecular complexity index is 1510. The molecule has 11 nitrogen and oxygen atoms in total. The standard InChI is InChI=1S/C22H29BrN5O5PSSi.C12H27N/c1-22(2,3)36(4,5)33-17-16-14(11-30-34(29,32-16)35-13-9-7-6-8-10-13)31-20(17)28-19-15(27-21(28)23)18(24)25-12-26-19;1-4-7-10-13(11-8-5-2)12-9-6-3/h6-10,12,14,16-17,20H,11H2,1-5H3,(H2,24,25,26);4-12H2,1-3H3/t14?,16?,17-,20?,34?;/m0./s1. The minimum atomic E-state index is -3.53. The molecule has 0 aliphatic carbocycles. The predicted octanol–water partition coefficient (Wildman–Crippen LogP) is 9.46. The van der Waals surface area contributed by atoms with E-state index in [1.54, 1.807) is 4.57 Å². The molecule has 2 aliphatic heterocycles. The quantitative estimate of drug-likeness (QED) is 0.0952. The average molecular weight is 800 g/mol. The van der Waals surface area contributed by atoms with Crippen LogP contribution in [0.2, 0.25) is 18.1 Å². The van der Waals surface area contributed by atoms with Crippen LogP contribution in [0.15, 0.2) is 46.3 Å². The fourth-order valence-electron chi connectivity index (χ4n) is 5.43. The van der Waals surface area contributed by atoms with E-state index in [1.807, 2.05) is 30.3 Å². The fraction of sp³-hybridized carbons (Fsp3) is 0.676. The summed E-state index contributed by atoms with van der Waals surface area (Å²) < 4.78 is 41.4. The molecule has 0 saturated carbocycles. The van der Waals surface area contributed by atoms with E-state index < -0.39 is 39.7 Å². The number of unbranched alkanes of at least 4 members (excludes halogenated alkanes) is 3. The van der Waals surface area contributed by atoms with Crippen molar-refractivity contribution in [3.63, 3.8) is 0 Å². The third-order valence-electron chi connectivity index (χ3n) is 9.33. The van der Waals surface area contributed by atoms with Gasteiger partial charge in [-0.3, -0.25) is 13.6 Å². The molecule has 5 atom stereocenters. The highest BCUT2D eigenvalue weighted by Gasteiger charge is 2.57. The van der Waals surface area contributed by atoms with E-state index in [4.69, 9.17) is 23.9 Å². The molecule has 2 saturated heterocycles. The predicted molar refractivity (Wildman–Crippen MR) is 205 cm³/mol. The van der Waals surface area contributed by atoms with Gasteiger partial charge in [0.1, 0.15) is 24.6 Å². The van der Waals surface area contributed by atoms with Crippen molar-refractivity contribution in [1.82, 2.24) is 24.4 Å². The summed E-state index contributed by atoms with van der Waals surface area (Å²) in [6.45, 7) is 18.2. The number of benzene rings is 1. The number of halogens is 1. The van der Waals surface area contributed by atoms with Gasteiger partial charge in [0.15, 0.2) is 36.3 Å². The Morgan fingerprint density at radius 1 is 1.06 bits per heavy atom. The van der Waals surface area contributed by atoms with Gasteiger partial charge in [0.2, 0.25) is 0 Å². The smallest absolute Gasteiger partial charge is 0.394 e. The van der Waals surface area contributed by atoms with Crippen molar-refractivity contribution >= 4 is 59.4 Å². The van der Waals surface area contributed by atoms with E-state index >= 15 is 0 Å². The van der Waals surface area contributed by atoms with Crippen molar-refractivity contribution in [2.45, 2.75) is 128 Å². The van der Waals surface area contributed by atoms with E-state index in [2.05, 4.69) is 90.4 Å². The molecule has 4 heterocycles. The molecule has 2 aliphatic rings. The average Bonchev–Trinajstić information content (AvgIpc) is 3.56. The highest BCUT2D eigenvalue weighted by molar-refractivity contribution is 9.10. The van der Waals surface area contributed by atoms with Crippen LogP contribution in [0.1, 0.15) is 86.3 Å². The van der Waals surface area contributed by atoms with Gasteiger partial charge in [-0.25, -0.2) is 19.5 Å². The number of ether oxygens (including phenoxy) is 1. The summed E-state index contributed by atoms with van der Waals surface area (Å²) in [5, 5.41) is -0.0792. The first-order chi connectivity index (χ1) is 23.2. The number of nitrogens with zero attached hydrogens (tertiary/aromatic N) is 5. The number of anilines is 1. The van der Waals surface area contributed by atoms with Gasteiger partial charge in [0.05, 0.1) is 6.61 Å². The number of aromatic nitrogens is 4. The summed E-state index contributed by atoms with van der Waals surface area (Å²) in [6.07, 6.45) is 7.11. The van der Waals surface area contributed by atoms with Gasteiger partial charge in [-0.2, -0.15) is 0 Å². The van der Waals surface area contributed by atoms with Crippen LogP contribution in [0.3, 0.4) is 0 Å². The molecule has 0 bridgehead atoms. The van der Waals surface area contributed by atoms with Crippen LogP contribution in [0.25, 0.3) is 11.2 Å². The maximum absolute atomic E-state index is 13.7. The summed E-state index contributed by atoms with van der Waals surface area (Å²) in [7, 11) is -2.32. The molecule has 1 aromatic carbocycles. The minimum Gasteiger partial charge on any atom is -0.407 e. The molecule has 0 amide bonds. The number of fused-ring (bicyclic) bond motifs is 2. The third-order valence-corrected chi connectivity index (χ3v) is 17.9. The van der Waals surface area contributed by atoms with Gasteiger partial charge < -0.3 is 19.8 Å². The van der Waals surface area contributed by atoms with Gasteiger partial charge in [0, 0.05) is 4.90 Å². The van der Waals surface area contributed by atoms with Crippen LogP contribution in [0.5, 0.6) is 0 Å². The largest absolute Gasteiger partial charge is 0.407 e. The van der Waals surface area contributed by atoms with Gasteiger partial charge in [0.25, 0.3) is 0 Å². The van der Waals surface area contributed by atoms with Crippen molar-refractivity contribution in [1.29, 1.82) is 0 Å². The Morgan fingerprint density at radius 2 is 1.67 bits per heavy atom. The Morgan fingerprint density at radius 3 is 2.24 bits per heavy atom. The fourth-order valence-corrected chi connectivity index (χ4v) is 10.7. The van der Waals surface area contributed by atoms with Crippen molar-refractivity contribution in [2.75, 3.05) is 32.0 Å². The van der Waals surface area contributed by atoms with Crippen LogP contribution in [0, 0.1) is 0 Å². The van der Waals surface area contributed by atoms with E-state index in [1.165, 1.54) is 64.5 Å². The molecule has 49 heavy (non-hydrogen) atoms. The first kappa shape index (κ1) is 40.4. The SMILES string of the molecule is CC(C)(C)[Si](C)(C)O[C@H]1C2OP(=O)(Sc3ccccc3)OCC2OC1n1c(Br)nc2c(N)ncnc21.CCCCN(CCCC)CCCC. The van der Waals surface area contributed by atoms with Gasteiger partial charge in [-0.15, -0.1) is 0 Å². The van der Waals surface area contributed by atoms with Crippen molar-refractivity contribution in [2.24, 2.45) is 0 Å². The highest BCUT2D eigenvalue weighted by atomic mass is 79.9. The lowest BCUT2D eigenvalue weighted by molar-refractivity contribution is -0.0565. The van der Waals surface area contributed by atoms with E-state index in [0.717, 1.165) is 16.3 Å². The number of hydrogen-bond acceptors (Lipinski definition) is 11. The number of nitrogen functional groups attached to an aromatic ring is 1. The third kappa shape index (κ3) is 10.4. The molecular formula is C34H56BrN6O5PSSi. The second kappa shape index (κ2) is 17.9. The maximum atomic E-state index is 13.7. The molecule has 3 aromatic rings. The Labute approximate surface area is 306 Å². The zero-order chi connectivity index (χ0) is 35.8. The number of rotatable bonds is 14. The number of nitrogens with two attached hydrogens (primary N) is 1. The first-order valence-corrected chi connectivity index (χ1v) is 24.3. The molecule has 0 spiro atoms. The Hall–Kier alpha value is -1.35. The molecule has 4 unspecified atom stereocenters. The second-order valence-corrected chi connectivity index (χ2v) is 23.6. The molecule has 2 aromatic heterocycles. The first-order valence-electron chi connectivity index (χ1n) is 17.6. The van der Waals surface area contributed by atoms with Gasteiger partial charge >= 0.3 is 6.80 Å². The molecule has 5 rings (SSSR count). The lowest BCUT2D eigenvalue weighted by Crippen LogP contribution is -2.50. The summed E-state index contributed by atoms with van der Waals surface area (Å²) in [5.74, 6) is 0.264. The van der Waals surface area contributed by atoms with E-state index in [-0.39, 0.29) is 17.5 Å². The zero-order valence-electron chi connectivity index (χ0n) is 30.4. The van der Waals surface area contributed by atoms with Crippen molar-refractivity contribution in [3.05, 3.63) is 41.4 Å². The van der Waals surface area contributed by atoms with Crippen LogP contribution < -0.4 is 5.73 Å². The van der Waals surface area contributed by atoms with E-state index in [9.17, 15) is 4.57 Å². The zero-order valence-corrected chi connectivity index (χ0v) is 34.7. The topological polar surface area (TPSA) is 127 Å². The number of hydrogen-bond donors (Lipinski definition) is 1. The van der Waals surface area contributed by atoms with E-state index in [0.29, 0.717) is 15.9 Å². The molecular weight excluding hydrogens is 743 g/mol. The summed E-state index contributed by atoms with van der Waals surface area (Å²) >= 11 is 4.63. The molecule has 2 fully saturated rings.